The highest BCUT2D eigenvalue weighted by molar-refractivity contribution is 9.10. The lowest BCUT2D eigenvalue weighted by Gasteiger charge is -2.30. The largest absolute Gasteiger partial charge is 0.369 e. The van der Waals surface area contributed by atoms with Gasteiger partial charge in [-0.3, -0.25) is 0 Å². The molecule has 0 bridgehead atoms. The Morgan fingerprint density at radius 3 is 2.47 bits per heavy atom. The van der Waals surface area contributed by atoms with Gasteiger partial charge in [0.1, 0.15) is 5.82 Å². The molecule has 0 aliphatic carbocycles. The Morgan fingerprint density at radius 1 is 1.35 bits per heavy atom. The van der Waals surface area contributed by atoms with E-state index < -0.39 is 0 Å². The molecular formula is C13H21BrN2S. The summed E-state index contributed by atoms with van der Waals surface area (Å²) < 4.78 is 1.38. The molecule has 0 aromatic carbocycles. The van der Waals surface area contributed by atoms with E-state index in [0.29, 0.717) is 4.75 Å². The average Bonchev–Trinajstić information content (AvgIpc) is 2.36. The molecule has 4 heteroatoms. The molecule has 0 spiro atoms. The normalized spacial score (nSPS) is 11.6. The first-order chi connectivity index (χ1) is 8.06. The molecule has 1 rings (SSSR count). The molecule has 17 heavy (non-hydrogen) atoms. The first kappa shape index (κ1) is 14.8. The summed E-state index contributed by atoms with van der Waals surface area (Å²) in [4.78, 5) is 4.51. The van der Waals surface area contributed by atoms with E-state index in [1.807, 2.05) is 30.8 Å². The Hall–Kier alpha value is -0.220. The summed E-state index contributed by atoms with van der Waals surface area (Å²) in [6, 6.07) is 4.07. The third kappa shape index (κ3) is 3.88. The lowest BCUT2D eigenvalue weighted by atomic mass is 10.0. The Balaban J connectivity index is 2.68. The van der Waals surface area contributed by atoms with Gasteiger partial charge < -0.3 is 5.32 Å². The van der Waals surface area contributed by atoms with Crippen LogP contribution in [0.15, 0.2) is 16.6 Å². The van der Waals surface area contributed by atoms with Gasteiger partial charge in [0.2, 0.25) is 0 Å². The highest BCUT2D eigenvalue weighted by atomic mass is 79.9. The Labute approximate surface area is 117 Å². The van der Waals surface area contributed by atoms with Crippen LogP contribution in [0.5, 0.6) is 0 Å². The van der Waals surface area contributed by atoms with Gasteiger partial charge in [0.05, 0.1) is 5.69 Å². The molecule has 0 saturated heterocycles. The SMILES string of the molecule is CCC(CC)(CNc1ccc(Br)c(C)n1)SC. The topological polar surface area (TPSA) is 24.9 Å². The van der Waals surface area contributed by atoms with Crippen molar-refractivity contribution in [1.82, 2.24) is 4.98 Å². The molecule has 1 aromatic heterocycles. The van der Waals surface area contributed by atoms with Crippen molar-refractivity contribution in [2.75, 3.05) is 18.1 Å². The van der Waals surface area contributed by atoms with Crippen molar-refractivity contribution in [2.24, 2.45) is 0 Å². The van der Waals surface area contributed by atoms with Crippen LogP contribution < -0.4 is 5.32 Å². The smallest absolute Gasteiger partial charge is 0.126 e. The second kappa shape index (κ2) is 6.64. The first-order valence-electron chi connectivity index (χ1n) is 5.99. The van der Waals surface area contributed by atoms with Crippen LogP contribution in [0, 0.1) is 6.92 Å². The lowest BCUT2D eigenvalue weighted by molar-refractivity contribution is 0.574. The van der Waals surface area contributed by atoms with Crippen LogP contribution in [-0.2, 0) is 0 Å². The molecule has 0 atom stereocenters. The molecule has 0 fully saturated rings. The molecule has 1 aromatic rings. The van der Waals surface area contributed by atoms with Crippen molar-refractivity contribution >= 4 is 33.5 Å². The average molecular weight is 317 g/mol. The van der Waals surface area contributed by atoms with Gasteiger partial charge >= 0.3 is 0 Å². The third-order valence-electron chi connectivity index (χ3n) is 3.33. The third-order valence-corrected chi connectivity index (χ3v) is 5.76. The summed E-state index contributed by atoms with van der Waals surface area (Å²) in [7, 11) is 0. The van der Waals surface area contributed by atoms with Crippen molar-refractivity contribution in [1.29, 1.82) is 0 Å². The summed E-state index contributed by atoms with van der Waals surface area (Å²) in [5, 5.41) is 3.45. The van der Waals surface area contributed by atoms with Crippen LogP contribution in [-0.4, -0.2) is 22.5 Å². The monoisotopic (exact) mass is 316 g/mol. The fraction of sp³-hybridized carbons (Fsp3) is 0.615. The summed E-state index contributed by atoms with van der Waals surface area (Å²) >= 11 is 5.41. The number of rotatable bonds is 6. The molecule has 0 saturated carbocycles. The minimum absolute atomic E-state index is 0.322. The zero-order chi connectivity index (χ0) is 12.9. The zero-order valence-corrected chi connectivity index (χ0v) is 13.4. The van der Waals surface area contributed by atoms with E-state index in [4.69, 9.17) is 0 Å². The second-order valence-electron chi connectivity index (χ2n) is 4.21. The number of pyridine rings is 1. The number of nitrogens with one attached hydrogen (secondary N) is 1. The van der Waals surface area contributed by atoms with Gasteiger partial charge in [-0.2, -0.15) is 11.8 Å². The van der Waals surface area contributed by atoms with Crippen LogP contribution in [0.25, 0.3) is 0 Å². The van der Waals surface area contributed by atoms with Crippen LogP contribution in [0.4, 0.5) is 5.82 Å². The van der Waals surface area contributed by atoms with Gasteiger partial charge in [0.25, 0.3) is 0 Å². The number of anilines is 1. The molecular weight excluding hydrogens is 296 g/mol. The fourth-order valence-corrected chi connectivity index (χ4v) is 2.77. The van der Waals surface area contributed by atoms with Crippen LogP contribution in [0.1, 0.15) is 32.4 Å². The molecule has 2 nitrogen and oxygen atoms in total. The summed E-state index contributed by atoms with van der Waals surface area (Å²) in [5.41, 5.74) is 1.03. The van der Waals surface area contributed by atoms with Gasteiger partial charge in [-0.05, 0) is 54.1 Å². The van der Waals surface area contributed by atoms with Crippen molar-refractivity contribution in [3.63, 3.8) is 0 Å². The highest BCUT2D eigenvalue weighted by Crippen LogP contribution is 2.30. The maximum atomic E-state index is 4.51. The second-order valence-corrected chi connectivity index (χ2v) is 6.34. The first-order valence-corrected chi connectivity index (χ1v) is 8.01. The number of hydrogen-bond acceptors (Lipinski definition) is 3. The van der Waals surface area contributed by atoms with Crippen LogP contribution in [0.3, 0.4) is 0 Å². The standard InChI is InChI=1S/C13H21BrN2S/c1-5-13(6-2,17-4)9-15-12-8-7-11(14)10(3)16-12/h7-8H,5-6,9H2,1-4H3,(H,15,16). The predicted molar refractivity (Wildman–Crippen MR) is 82.0 cm³/mol. The van der Waals surface area contributed by atoms with Gasteiger partial charge in [0.15, 0.2) is 0 Å². The maximum absolute atomic E-state index is 4.51. The van der Waals surface area contributed by atoms with E-state index in [-0.39, 0.29) is 0 Å². The van der Waals surface area contributed by atoms with Crippen LogP contribution in [0.2, 0.25) is 0 Å². The molecule has 1 heterocycles. The number of nitrogens with zero attached hydrogens (tertiary/aromatic N) is 1. The molecule has 0 aliphatic rings. The van der Waals surface area contributed by atoms with Crippen LogP contribution >= 0.6 is 27.7 Å². The van der Waals surface area contributed by atoms with Crippen molar-refractivity contribution in [3.05, 3.63) is 22.3 Å². The van der Waals surface area contributed by atoms with E-state index in [1.165, 1.54) is 12.8 Å². The molecule has 0 amide bonds. The summed E-state index contributed by atoms with van der Waals surface area (Å²) in [6.45, 7) is 7.48. The van der Waals surface area contributed by atoms with Crippen molar-refractivity contribution in [3.8, 4) is 0 Å². The number of aromatic nitrogens is 1. The number of aryl methyl sites for hydroxylation is 1. The molecule has 0 radical (unpaired) electrons. The summed E-state index contributed by atoms with van der Waals surface area (Å²) in [5.74, 6) is 0.964. The number of halogens is 1. The predicted octanol–water partition coefficient (Wildman–Crippen LogP) is 4.49. The molecule has 0 aliphatic heterocycles. The number of thioether (sulfide) groups is 1. The van der Waals surface area contributed by atoms with Crippen molar-refractivity contribution < 1.29 is 0 Å². The summed E-state index contributed by atoms with van der Waals surface area (Å²) in [6.07, 6.45) is 4.54. The maximum Gasteiger partial charge on any atom is 0.126 e. The Kier molecular flexibility index (Phi) is 5.80. The van der Waals surface area contributed by atoms with E-state index in [1.54, 1.807) is 0 Å². The Morgan fingerprint density at radius 2 is 2.00 bits per heavy atom. The van der Waals surface area contributed by atoms with Gasteiger partial charge in [0, 0.05) is 15.8 Å². The number of hydrogen-bond donors (Lipinski definition) is 1. The minimum atomic E-state index is 0.322. The van der Waals surface area contributed by atoms with E-state index in [2.05, 4.69) is 46.3 Å². The van der Waals surface area contributed by atoms with Gasteiger partial charge in [-0.25, -0.2) is 4.98 Å². The molecule has 96 valence electrons. The van der Waals surface area contributed by atoms with E-state index in [0.717, 1.165) is 22.5 Å². The molecule has 0 unspecified atom stereocenters. The lowest BCUT2D eigenvalue weighted by Crippen LogP contribution is -2.32. The van der Waals surface area contributed by atoms with Gasteiger partial charge in [-0.1, -0.05) is 13.8 Å². The minimum Gasteiger partial charge on any atom is -0.369 e. The highest BCUT2D eigenvalue weighted by Gasteiger charge is 2.24. The van der Waals surface area contributed by atoms with Crippen molar-refractivity contribution in [2.45, 2.75) is 38.4 Å². The van der Waals surface area contributed by atoms with E-state index in [9.17, 15) is 0 Å². The molecule has 1 N–H and O–H groups in total. The quantitative estimate of drug-likeness (QED) is 0.837. The Bertz CT molecular complexity index is 356. The zero-order valence-electron chi connectivity index (χ0n) is 11.0. The fourth-order valence-electron chi connectivity index (χ4n) is 1.75. The van der Waals surface area contributed by atoms with E-state index >= 15 is 0 Å². The van der Waals surface area contributed by atoms with Gasteiger partial charge in [-0.15, -0.1) is 0 Å².